The molecule has 0 fully saturated rings. The summed E-state index contributed by atoms with van der Waals surface area (Å²) in [6.45, 7) is 0. The van der Waals surface area contributed by atoms with Crippen molar-refractivity contribution < 1.29 is 31.2 Å². The predicted octanol–water partition coefficient (Wildman–Crippen LogP) is -2.75. The molecule has 56 valence electrons. The highest BCUT2D eigenvalue weighted by Crippen LogP contribution is 1.75. The molecule has 0 saturated heterocycles. The Morgan fingerprint density at radius 1 is 0.900 bits per heavy atom. The van der Waals surface area contributed by atoms with Gasteiger partial charge in [-0.15, -0.1) is 0 Å². The lowest BCUT2D eigenvalue weighted by Gasteiger charge is -1.91. The molecule has 0 heterocycles. The first-order valence-corrected chi connectivity index (χ1v) is 5.63. The lowest BCUT2D eigenvalue weighted by atomic mass is 15.7. The van der Waals surface area contributed by atoms with Crippen molar-refractivity contribution in [3.8, 4) is 0 Å². The number of hydrogen-bond donors (Lipinski definition) is 2. The molecule has 10 heavy (non-hydrogen) atoms. The van der Waals surface area contributed by atoms with Crippen molar-refractivity contribution in [1.29, 1.82) is 0 Å². The van der Waals surface area contributed by atoms with Crippen LogP contribution in [0.4, 0.5) is 0 Å². The molecular weight excluding hydrogens is 196 g/mol. The topological polar surface area (TPSA) is 110 Å². The zero-order valence-corrected chi connectivity index (χ0v) is 7.44. The van der Waals surface area contributed by atoms with E-state index in [0.717, 1.165) is 0 Å². The molecule has 0 saturated carbocycles. The highest BCUT2D eigenvalue weighted by atomic mass is 28.4. The number of rotatable bonds is 4. The lowest BCUT2D eigenvalue weighted by Crippen LogP contribution is -2.23. The molecule has 0 aliphatic carbocycles. The first-order valence-electron chi connectivity index (χ1n) is 1.88. The van der Waals surface area contributed by atoms with Crippen LogP contribution in [0.1, 0.15) is 0 Å². The van der Waals surface area contributed by atoms with Crippen LogP contribution in [0.2, 0.25) is 0 Å². The molecule has 0 bridgehead atoms. The second-order valence-corrected chi connectivity index (χ2v) is 4.18. The highest BCUT2D eigenvalue weighted by molar-refractivity contribution is 6.47. The molecular formula is H2O7Si3. The Balaban J connectivity index is 3.65. The summed E-state index contributed by atoms with van der Waals surface area (Å²) < 4.78 is 36.9. The van der Waals surface area contributed by atoms with Gasteiger partial charge in [0.05, 0.1) is 0 Å². The quantitative estimate of drug-likeness (QED) is 0.471. The molecule has 0 atom stereocenters. The van der Waals surface area contributed by atoms with Gasteiger partial charge in [0.1, 0.15) is 0 Å². The summed E-state index contributed by atoms with van der Waals surface area (Å²) in [5.41, 5.74) is 0. The normalized spacial score (nSPS) is 8.00. The maximum Gasteiger partial charge on any atom is 0.758 e. The van der Waals surface area contributed by atoms with Gasteiger partial charge in [-0.25, -0.2) is 0 Å². The zero-order chi connectivity index (χ0) is 8.15. The molecule has 0 unspecified atom stereocenters. The van der Waals surface area contributed by atoms with E-state index < -0.39 is 27.5 Å². The van der Waals surface area contributed by atoms with Gasteiger partial charge in [0, 0.05) is 0 Å². The van der Waals surface area contributed by atoms with Crippen LogP contribution in [0.15, 0.2) is 0 Å². The molecule has 0 aromatic carbocycles. The van der Waals surface area contributed by atoms with Crippen molar-refractivity contribution in [2.75, 3.05) is 0 Å². The third-order valence-electron chi connectivity index (χ3n) is 0.341. The van der Waals surface area contributed by atoms with Gasteiger partial charge in [-0.05, 0) is 0 Å². The minimum absolute atomic E-state index is 3.27. The maximum atomic E-state index is 10.1. The van der Waals surface area contributed by atoms with E-state index in [1.165, 1.54) is 0 Å². The van der Waals surface area contributed by atoms with Gasteiger partial charge in [-0.3, -0.25) is 13.4 Å². The van der Waals surface area contributed by atoms with Crippen LogP contribution in [0.5, 0.6) is 0 Å². The van der Waals surface area contributed by atoms with Crippen molar-refractivity contribution in [1.82, 2.24) is 0 Å². The second kappa shape index (κ2) is 4.13. The first kappa shape index (κ1) is 9.25. The summed E-state index contributed by atoms with van der Waals surface area (Å²) in [5.74, 6) is 0. The average Bonchev–Trinajstić information content (AvgIpc) is 1.58. The van der Waals surface area contributed by atoms with E-state index in [-0.39, 0.29) is 0 Å². The molecule has 0 radical (unpaired) electrons. The summed E-state index contributed by atoms with van der Waals surface area (Å²) in [4.78, 5) is 15.9. The van der Waals surface area contributed by atoms with Gasteiger partial charge in [0.15, 0.2) is 0 Å². The van der Waals surface area contributed by atoms with Gasteiger partial charge in [0.25, 0.3) is 0 Å². The molecule has 0 amide bonds. The van der Waals surface area contributed by atoms with E-state index in [1.807, 2.05) is 0 Å². The van der Waals surface area contributed by atoms with Crippen LogP contribution in [0, 0.1) is 0 Å². The van der Waals surface area contributed by atoms with E-state index in [4.69, 9.17) is 9.59 Å². The Bertz CT molecular complexity index is 152. The summed E-state index contributed by atoms with van der Waals surface area (Å²) in [7, 11) is -9.98. The fourth-order valence-electron chi connectivity index (χ4n) is 0.163. The van der Waals surface area contributed by atoms with Crippen LogP contribution < -0.4 is 0 Å². The zero-order valence-electron chi connectivity index (χ0n) is 4.44. The van der Waals surface area contributed by atoms with E-state index in [2.05, 4.69) is 8.23 Å². The Morgan fingerprint density at radius 3 is 1.40 bits per heavy atom. The fraction of sp³-hybridized carbons (Fsp3) is 0. The first-order chi connectivity index (χ1) is 4.52. The van der Waals surface area contributed by atoms with Gasteiger partial charge < -0.3 is 17.8 Å². The van der Waals surface area contributed by atoms with Crippen LogP contribution in [-0.4, -0.2) is 37.1 Å². The van der Waals surface area contributed by atoms with E-state index in [1.54, 1.807) is 0 Å². The lowest BCUT2D eigenvalue weighted by molar-refractivity contribution is 0.251. The molecule has 7 nitrogen and oxygen atoms in total. The maximum absolute atomic E-state index is 10.1. The fourth-order valence-corrected chi connectivity index (χ4v) is 1.85. The molecule has 0 rings (SSSR count). The van der Waals surface area contributed by atoms with E-state index in [9.17, 15) is 13.4 Å². The van der Waals surface area contributed by atoms with Crippen LogP contribution in [0.25, 0.3) is 0 Å². The largest absolute Gasteiger partial charge is 0.758 e. The smallest absolute Gasteiger partial charge is 0.512 e. The molecule has 10 heteroatoms. The summed E-state index contributed by atoms with van der Waals surface area (Å²) in [5, 5.41) is 0. The summed E-state index contributed by atoms with van der Waals surface area (Å²) in [6, 6.07) is 0. The van der Waals surface area contributed by atoms with E-state index >= 15 is 0 Å². The van der Waals surface area contributed by atoms with Crippen molar-refractivity contribution in [3.63, 3.8) is 0 Å². The molecule has 0 aliphatic heterocycles. The molecule has 0 aromatic heterocycles. The van der Waals surface area contributed by atoms with Gasteiger partial charge >= 0.3 is 27.5 Å². The second-order valence-electron chi connectivity index (χ2n) is 0.986. The highest BCUT2D eigenvalue weighted by Gasteiger charge is 2.23. The van der Waals surface area contributed by atoms with Crippen molar-refractivity contribution >= 4 is 27.5 Å². The SMILES string of the molecule is O=[Si](O)O[Si](=O)O[Si](=O)O. The van der Waals surface area contributed by atoms with Crippen molar-refractivity contribution in [2.45, 2.75) is 0 Å². The van der Waals surface area contributed by atoms with Crippen LogP contribution in [0.3, 0.4) is 0 Å². The van der Waals surface area contributed by atoms with E-state index in [0.29, 0.717) is 0 Å². The minimum atomic E-state index is -3.35. The Labute approximate surface area is 59.5 Å². The monoisotopic (exact) mass is 198 g/mol. The average molecular weight is 198 g/mol. The third-order valence-corrected chi connectivity index (χ3v) is 3.07. The Kier molecular flexibility index (Phi) is 3.82. The van der Waals surface area contributed by atoms with Gasteiger partial charge in [0.2, 0.25) is 0 Å². The van der Waals surface area contributed by atoms with Crippen LogP contribution >= 0.6 is 0 Å². The molecule has 2 N–H and O–H groups in total. The molecule has 0 aromatic rings. The predicted molar refractivity (Wildman–Crippen MR) is 25.9 cm³/mol. The molecule has 0 aliphatic rings. The van der Waals surface area contributed by atoms with Crippen molar-refractivity contribution in [2.24, 2.45) is 0 Å². The number of hydrogen-bond acceptors (Lipinski definition) is 5. The van der Waals surface area contributed by atoms with Crippen LogP contribution in [-0.2, 0) is 21.6 Å². The van der Waals surface area contributed by atoms with Crippen molar-refractivity contribution in [3.05, 3.63) is 0 Å². The summed E-state index contributed by atoms with van der Waals surface area (Å²) >= 11 is 0. The third kappa shape index (κ3) is 5.39. The van der Waals surface area contributed by atoms with Gasteiger partial charge in [-0.1, -0.05) is 0 Å². The standard InChI is InChI=1S/H2O7Si3/c1-8(2)6-10(5)7-9(3)4/h1,3H. The Morgan fingerprint density at radius 2 is 1.20 bits per heavy atom. The van der Waals surface area contributed by atoms with Gasteiger partial charge in [-0.2, -0.15) is 0 Å². The minimum Gasteiger partial charge on any atom is -0.512 e. The Hall–Kier alpha value is -0.749. The molecule has 0 spiro atoms. The summed E-state index contributed by atoms with van der Waals surface area (Å²) in [6.07, 6.45) is 0.